The largest absolute Gasteiger partial charge is 0.310 e. The van der Waals surface area contributed by atoms with Crippen LogP contribution >= 0.6 is 0 Å². The van der Waals surface area contributed by atoms with E-state index in [0.717, 1.165) is 23.7 Å². The minimum absolute atomic E-state index is 0.0977. The molecule has 0 N–H and O–H groups in total. The smallest absolute Gasteiger partial charge is 0.0465 e. The van der Waals surface area contributed by atoms with Crippen LogP contribution in [0.5, 0.6) is 0 Å². The number of benzene rings is 7. The third kappa shape index (κ3) is 4.86. The van der Waals surface area contributed by atoms with Gasteiger partial charge in [0.15, 0.2) is 0 Å². The summed E-state index contributed by atoms with van der Waals surface area (Å²) in [5, 5.41) is 0. The van der Waals surface area contributed by atoms with Crippen LogP contribution in [0.1, 0.15) is 112 Å². The number of nitrogens with zero attached hydrogens (tertiary/aromatic N) is 1. The first-order valence-electron chi connectivity index (χ1n) is 24.9. The quantitative estimate of drug-likeness (QED) is 0.171. The predicted octanol–water partition coefficient (Wildman–Crippen LogP) is 16.6. The lowest BCUT2D eigenvalue weighted by Gasteiger charge is -2.54. The van der Waals surface area contributed by atoms with Gasteiger partial charge in [-0.3, -0.25) is 0 Å². The Morgan fingerprint density at radius 2 is 0.984 bits per heavy atom. The van der Waals surface area contributed by atoms with Gasteiger partial charge in [-0.2, -0.15) is 0 Å². The summed E-state index contributed by atoms with van der Waals surface area (Å²) in [7, 11) is 0. The van der Waals surface area contributed by atoms with Gasteiger partial charge in [0.05, 0.1) is 0 Å². The van der Waals surface area contributed by atoms with Crippen molar-refractivity contribution in [3.05, 3.63) is 185 Å². The van der Waals surface area contributed by atoms with Crippen molar-refractivity contribution in [2.24, 2.45) is 35.5 Å². The van der Waals surface area contributed by atoms with E-state index in [1.165, 1.54) is 124 Å². The molecule has 1 heteroatoms. The minimum Gasteiger partial charge on any atom is -0.310 e. The summed E-state index contributed by atoms with van der Waals surface area (Å²) >= 11 is 0. The molecule has 0 amide bonds. The summed E-state index contributed by atoms with van der Waals surface area (Å²) < 4.78 is 0. The molecular weight excluding hydrogens is 771 g/mol. The molecule has 0 heterocycles. The van der Waals surface area contributed by atoms with E-state index in [9.17, 15) is 0 Å². The van der Waals surface area contributed by atoms with Crippen molar-refractivity contribution in [2.75, 3.05) is 4.90 Å². The van der Waals surface area contributed by atoms with E-state index in [1.807, 2.05) is 0 Å². The maximum atomic E-state index is 2.65. The average molecular weight is 830 g/mol. The first-order valence-corrected chi connectivity index (χ1v) is 24.9. The number of hydrogen-bond acceptors (Lipinski definition) is 1. The summed E-state index contributed by atoms with van der Waals surface area (Å²) in [4.78, 5) is 2.54. The highest BCUT2D eigenvalue weighted by molar-refractivity contribution is 5.90. The second-order valence-corrected chi connectivity index (χ2v) is 22.3. The molecule has 14 rings (SSSR count). The van der Waals surface area contributed by atoms with E-state index in [-0.39, 0.29) is 16.2 Å². The number of rotatable bonds is 4. The van der Waals surface area contributed by atoms with Crippen LogP contribution in [0.4, 0.5) is 17.1 Å². The molecule has 0 saturated heterocycles. The third-order valence-corrected chi connectivity index (χ3v) is 18.8. The van der Waals surface area contributed by atoms with Crippen LogP contribution < -0.4 is 4.90 Å². The SMILES string of the molecule is C[C@@H]1CC2C[C@@H](C1)[C@@]1(c3ccccc3-c3ccc(-c4ccc5c(c4)C(C)(C)c4cc(N(c6ccccc6)c6ccc7c(c6)C6(CC8CCC6C8)c6ccccc6-7)ccc4-5)cc31)[C@@H](C)C2. The van der Waals surface area contributed by atoms with Crippen molar-refractivity contribution in [1.82, 2.24) is 0 Å². The lowest BCUT2D eigenvalue weighted by atomic mass is 9.49. The fourth-order valence-electron chi connectivity index (χ4n) is 16.5. The second-order valence-electron chi connectivity index (χ2n) is 22.3. The van der Waals surface area contributed by atoms with Crippen molar-refractivity contribution >= 4 is 17.1 Å². The Morgan fingerprint density at radius 3 is 1.69 bits per heavy atom. The van der Waals surface area contributed by atoms with Crippen LogP contribution in [0.2, 0.25) is 0 Å². The Labute approximate surface area is 380 Å². The molecule has 1 nitrogen and oxygen atoms in total. The van der Waals surface area contributed by atoms with E-state index in [0.29, 0.717) is 11.8 Å². The molecule has 7 aromatic rings. The number of hydrogen-bond donors (Lipinski definition) is 0. The molecular formula is C63H59N. The van der Waals surface area contributed by atoms with Gasteiger partial charge >= 0.3 is 0 Å². The van der Waals surface area contributed by atoms with Gasteiger partial charge < -0.3 is 4.90 Å². The first kappa shape index (κ1) is 37.7. The highest BCUT2D eigenvalue weighted by Gasteiger charge is 2.58. The summed E-state index contributed by atoms with van der Waals surface area (Å²) in [6, 6.07) is 59.7. The van der Waals surface area contributed by atoms with E-state index in [4.69, 9.17) is 0 Å². The molecule has 316 valence electrons. The summed E-state index contributed by atoms with van der Waals surface area (Å²) in [5.41, 5.74) is 24.3. The van der Waals surface area contributed by atoms with Crippen LogP contribution in [-0.2, 0) is 16.2 Å². The van der Waals surface area contributed by atoms with Gasteiger partial charge in [0.1, 0.15) is 0 Å². The highest BCUT2D eigenvalue weighted by atomic mass is 15.1. The Bertz CT molecular complexity index is 3080. The molecule has 64 heavy (non-hydrogen) atoms. The van der Waals surface area contributed by atoms with Gasteiger partial charge in [-0.25, -0.2) is 0 Å². The fourth-order valence-corrected chi connectivity index (χ4v) is 16.5. The van der Waals surface area contributed by atoms with Crippen molar-refractivity contribution < 1.29 is 0 Å². The van der Waals surface area contributed by atoms with Gasteiger partial charge in [0, 0.05) is 33.3 Å². The van der Waals surface area contributed by atoms with Gasteiger partial charge in [-0.1, -0.05) is 137 Å². The zero-order valence-corrected chi connectivity index (χ0v) is 38.0. The van der Waals surface area contributed by atoms with Crippen LogP contribution in [-0.4, -0.2) is 0 Å². The predicted molar refractivity (Wildman–Crippen MR) is 266 cm³/mol. The van der Waals surface area contributed by atoms with Crippen molar-refractivity contribution in [1.29, 1.82) is 0 Å². The Hall–Kier alpha value is -5.66. The third-order valence-electron chi connectivity index (χ3n) is 18.8. The van der Waals surface area contributed by atoms with E-state index >= 15 is 0 Å². The molecule has 0 aliphatic heterocycles. The molecule has 4 saturated carbocycles. The lowest BCUT2D eigenvalue weighted by Crippen LogP contribution is -2.49. The molecule has 8 atom stereocenters. The van der Waals surface area contributed by atoms with Gasteiger partial charge in [0.2, 0.25) is 0 Å². The standard InChI is InChI=1S/C63H59N/c1-38-28-41-30-39(2)63(45(29-38)32-41)56-17-11-9-15-50(56)54-25-20-43(34-60(54)63)42-19-24-51-52-26-22-47(35-58(52)61(3,4)57(51)33-42)64(46-12-6-5-7-13-46)48-23-27-53-49-14-8-10-16-55(49)62(59(53)36-48)37-40-18-21-44(62)31-40/h5-17,19-20,22-27,33-36,38-41,44-45H,18,21,28-32,37H2,1-4H3/t38-,39+,40?,41?,44?,45-,62?,63-/m1/s1. The summed E-state index contributed by atoms with van der Waals surface area (Å²) in [5.74, 6) is 4.59. The molecule has 2 spiro atoms. The number of anilines is 3. The molecule has 4 fully saturated rings. The minimum atomic E-state index is -0.162. The average Bonchev–Trinajstić information content (AvgIpc) is 4.11. The lowest BCUT2D eigenvalue weighted by molar-refractivity contribution is 0.0426. The Balaban J connectivity index is 0.859. The van der Waals surface area contributed by atoms with Gasteiger partial charge in [-0.15, -0.1) is 0 Å². The van der Waals surface area contributed by atoms with Gasteiger partial charge in [-0.05, 0) is 207 Å². The monoisotopic (exact) mass is 829 g/mol. The van der Waals surface area contributed by atoms with E-state index in [2.05, 4.69) is 184 Å². The maximum Gasteiger partial charge on any atom is 0.0465 e. The fraction of sp³-hybridized carbons (Fsp3) is 0.333. The van der Waals surface area contributed by atoms with Crippen LogP contribution in [0.3, 0.4) is 0 Å². The zero-order chi connectivity index (χ0) is 42.7. The summed E-state index contributed by atoms with van der Waals surface area (Å²) in [6.45, 7) is 10.0. The van der Waals surface area contributed by atoms with Crippen molar-refractivity contribution in [2.45, 2.75) is 95.3 Å². The number of para-hydroxylation sites is 1. The number of fused-ring (bicyclic) bond motifs is 19. The molecule has 7 aliphatic carbocycles. The molecule has 0 radical (unpaired) electrons. The topological polar surface area (TPSA) is 3.24 Å². The maximum absolute atomic E-state index is 2.65. The Morgan fingerprint density at radius 1 is 0.422 bits per heavy atom. The molecule has 7 aromatic carbocycles. The van der Waals surface area contributed by atoms with Gasteiger partial charge in [0.25, 0.3) is 0 Å². The first-order chi connectivity index (χ1) is 31.2. The molecule has 0 aromatic heterocycles. The highest BCUT2D eigenvalue weighted by Crippen LogP contribution is 2.67. The van der Waals surface area contributed by atoms with Crippen molar-refractivity contribution in [3.8, 4) is 44.5 Å². The van der Waals surface area contributed by atoms with Crippen molar-refractivity contribution in [3.63, 3.8) is 0 Å². The Kier molecular flexibility index (Phi) is 7.78. The molecule has 4 bridgehead atoms. The molecule has 4 unspecified atom stereocenters. The van der Waals surface area contributed by atoms with E-state index < -0.39 is 0 Å². The van der Waals surface area contributed by atoms with Crippen LogP contribution in [0.15, 0.2) is 152 Å². The normalized spacial score (nSPS) is 29.0. The molecule has 7 aliphatic rings. The second kappa shape index (κ2) is 13.2. The van der Waals surface area contributed by atoms with E-state index in [1.54, 1.807) is 22.3 Å². The summed E-state index contributed by atoms with van der Waals surface area (Å²) in [6.07, 6.45) is 10.9. The van der Waals surface area contributed by atoms with Crippen LogP contribution in [0, 0.1) is 35.5 Å². The van der Waals surface area contributed by atoms with Crippen LogP contribution in [0.25, 0.3) is 44.5 Å². The zero-order valence-electron chi connectivity index (χ0n) is 38.0.